The summed E-state index contributed by atoms with van der Waals surface area (Å²) in [5.74, 6) is 0.383. The molecule has 1 aromatic heterocycles. The maximum absolute atomic E-state index is 11.4. The first-order valence-corrected chi connectivity index (χ1v) is 6.73. The molecular weight excluding hydrogens is 212 g/mol. The summed E-state index contributed by atoms with van der Waals surface area (Å²) in [7, 11) is 0. The zero-order chi connectivity index (χ0) is 12.7. The summed E-state index contributed by atoms with van der Waals surface area (Å²) in [6.07, 6.45) is 7.36. The van der Waals surface area contributed by atoms with Gasteiger partial charge in [-0.2, -0.15) is 5.10 Å². The molecular formula is C14H24N2O. The van der Waals surface area contributed by atoms with E-state index < -0.39 is 0 Å². The third-order valence-electron chi connectivity index (χ3n) is 3.12. The number of hydrogen-bond donors (Lipinski definition) is 0. The third-order valence-corrected chi connectivity index (χ3v) is 3.12. The number of nitrogens with zero attached hydrogens (tertiary/aromatic N) is 2. The van der Waals surface area contributed by atoms with Gasteiger partial charge in [-0.1, -0.05) is 13.8 Å². The summed E-state index contributed by atoms with van der Waals surface area (Å²) in [4.78, 5) is 11.4. The van der Waals surface area contributed by atoms with Crippen LogP contribution in [0.25, 0.3) is 0 Å². The molecule has 0 amide bonds. The summed E-state index contributed by atoms with van der Waals surface area (Å²) >= 11 is 0. The van der Waals surface area contributed by atoms with Crippen LogP contribution in [0.4, 0.5) is 0 Å². The number of aromatic nitrogens is 2. The quantitative estimate of drug-likeness (QED) is 0.692. The molecule has 3 nitrogen and oxygen atoms in total. The van der Waals surface area contributed by atoms with Crippen molar-refractivity contribution >= 4 is 5.78 Å². The molecule has 0 aliphatic heterocycles. The van der Waals surface area contributed by atoms with Gasteiger partial charge in [0, 0.05) is 25.1 Å². The maximum Gasteiger partial charge on any atom is 0.132 e. The molecule has 0 radical (unpaired) electrons. The lowest BCUT2D eigenvalue weighted by Crippen LogP contribution is -2.05. The first-order valence-electron chi connectivity index (χ1n) is 6.73. The molecule has 0 saturated heterocycles. The van der Waals surface area contributed by atoms with Crippen LogP contribution in [0.2, 0.25) is 0 Å². The number of carbonyl (C=O) groups excluding carboxylic acids is 1. The van der Waals surface area contributed by atoms with E-state index in [9.17, 15) is 4.79 Å². The Morgan fingerprint density at radius 3 is 2.82 bits per heavy atom. The minimum absolute atomic E-state index is 0.383. The molecule has 1 aromatic rings. The van der Waals surface area contributed by atoms with Crippen LogP contribution in [-0.2, 0) is 11.2 Å². The van der Waals surface area contributed by atoms with E-state index in [1.807, 2.05) is 17.8 Å². The highest BCUT2D eigenvalue weighted by atomic mass is 16.1. The molecule has 0 spiro atoms. The van der Waals surface area contributed by atoms with Crippen molar-refractivity contribution in [2.75, 3.05) is 0 Å². The zero-order valence-corrected chi connectivity index (χ0v) is 11.3. The van der Waals surface area contributed by atoms with Crippen LogP contribution in [0.5, 0.6) is 0 Å². The molecule has 1 unspecified atom stereocenters. The predicted molar refractivity (Wildman–Crippen MR) is 70.1 cm³/mol. The summed E-state index contributed by atoms with van der Waals surface area (Å²) in [5, 5.41) is 4.53. The van der Waals surface area contributed by atoms with Crippen molar-refractivity contribution in [2.24, 2.45) is 0 Å². The maximum atomic E-state index is 11.4. The second-order valence-electron chi connectivity index (χ2n) is 4.69. The lowest BCUT2D eigenvalue weighted by Gasteiger charge is -2.08. The van der Waals surface area contributed by atoms with Gasteiger partial charge in [0.2, 0.25) is 0 Å². The smallest absolute Gasteiger partial charge is 0.132 e. The number of hydrogen-bond acceptors (Lipinski definition) is 2. The van der Waals surface area contributed by atoms with Gasteiger partial charge in [0.25, 0.3) is 0 Å². The Balaban J connectivity index is 2.32. The number of aryl methyl sites for hydroxylation is 1. The van der Waals surface area contributed by atoms with E-state index >= 15 is 0 Å². The highest BCUT2D eigenvalue weighted by Gasteiger charge is 2.05. The average molecular weight is 236 g/mol. The van der Waals surface area contributed by atoms with Crippen molar-refractivity contribution in [3.63, 3.8) is 0 Å². The van der Waals surface area contributed by atoms with E-state index in [4.69, 9.17) is 0 Å². The Hall–Kier alpha value is -1.12. The first kappa shape index (κ1) is 13.9. The number of ketones is 1. The lowest BCUT2D eigenvalue weighted by molar-refractivity contribution is -0.119. The second kappa shape index (κ2) is 7.25. The van der Waals surface area contributed by atoms with Gasteiger partial charge in [-0.3, -0.25) is 9.48 Å². The van der Waals surface area contributed by atoms with E-state index in [0.29, 0.717) is 18.2 Å². The van der Waals surface area contributed by atoms with E-state index in [2.05, 4.69) is 25.0 Å². The van der Waals surface area contributed by atoms with E-state index in [0.717, 1.165) is 37.8 Å². The fraction of sp³-hybridized carbons (Fsp3) is 0.714. The van der Waals surface area contributed by atoms with Gasteiger partial charge in [0.1, 0.15) is 5.78 Å². The SMILES string of the molecule is CCCC(=O)CCCc1ccn(C(C)CC)n1. The fourth-order valence-electron chi connectivity index (χ4n) is 1.81. The molecule has 17 heavy (non-hydrogen) atoms. The van der Waals surface area contributed by atoms with Gasteiger partial charge in [-0.25, -0.2) is 0 Å². The Bertz CT molecular complexity index is 344. The van der Waals surface area contributed by atoms with Crippen molar-refractivity contribution in [3.05, 3.63) is 18.0 Å². The van der Waals surface area contributed by atoms with Crippen LogP contribution in [0, 0.1) is 0 Å². The minimum Gasteiger partial charge on any atom is -0.300 e. The Kier molecular flexibility index (Phi) is 5.95. The highest BCUT2D eigenvalue weighted by Crippen LogP contribution is 2.11. The summed E-state index contributed by atoms with van der Waals surface area (Å²) in [6, 6.07) is 2.53. The molecule has 0 aliphatic rings. The Morgan fingerprint density at radius 1 is 1.41 bits per heavy atom. The monoisotopic (exact) mass is 236 g/mol. The molecule has 1 heterocycles. The Morgan fingerprint density at radius 2 is 2.18 bits per heavy atom. The standard InChI is InChI=1S/C14H24N2O/c1-4-7-14(17)9-6-8-13-10-11-16(15-13)12(3)5-2/h10-12H,4-9H2,1-3H3. The van der Waals surface area contributed by atoms with Crippen LogP contribution < -0.4 is 0 Å². The normalized spacial score (nSPS) is 12.6. The molecule has 1 atom stereocenters. The van der Waals surface area contributed by atoms with E-state index in [-0.39, 0.29) is 0 Å². The zero-order valence-electron chi connectivity index (χ0n) is 11.3. The van der Waals surface area contributed by atoms with Crippen molar-refractivity contribution in [1.82, 2.24) is 9.78 Å². The van der Waals surface area contributed by atoms with Gasteiger partial charge < -0.3 is 0 Å². The van der Waals surface area contributed by atoms with Crippen molar-refractivity contribution in [2.45, 2.75) is 65.3 Å². The molecule has 0 saturated carbocycles. The van der Waals surface area contributed by atoms with Gasteiger partial charge >= 0.3 is 0 Å². The highest BCUT2D eigenvalue weighted by molar-refractivity contribution is 5.78. The molecule has 96 valence electrons. The molecule has 0 N–H and O–H groups in total. The van der Waals surface area contributed by atoms with Crippen LogP contribution in [0.3, 0.4) is 0 Å². The molecule has 0 aliphatic carbocycles. The minimum atomic E-state index is 0.383. The summed E-state index contributed by atoms with van der Waals surface area (Å²) < 4.78 is 2.02. The number of carbonyl (C=O) groups is 1. The fourth-order valence-corrected chi connectivity index (χ4v) is 1.81. The van der Waals surface area contributed by atoms with E-state index in [1.165, 1.54) is 0 Å². The van der Waals surface area contributed by atoms with Crippen LogP contribution >= 0.6 is 0 Å². The number of rotatable bonds is 8. The second-order valence-corrected chi connectivity index (χ2v) is 4.69. The predicted octanol–water partition coefficient (Wildman–Crippen LogP) is 3.55. The Labute approximate surface area is 104 Å². The molecule has 1 rings (SSSR count). The third kappa shape index (κ3) is 4.72. The van der Waals surface area contributed by atoms with Crippen LogP contribution in [-0.4, -0.2) is 15.6 Å². The van der Waals surface area contributed by atoms with Gasteiger partial charge in [0.05, 0.1) is 5.69 Å². The topological polar surface area (TPSA) is 34.9 Å². The van der Waals surface area contributed by atoms with Crippen molar-refractivity contribution in [1.29, 1.82) is 0 Å². The average Bonchev–Trinajstić information content (AvgIpc) is 2.77. The molecule has 0 aromatic carbocycles. The van der Waals surface area contributed by atoms with Crippen molar-refractivity contribution < 1.29 is 4.79 Å². The summed E-state index contributed by atoms with van der Waals surface area (Å²) in [6.45, 7) is 6.38. The van der Waals surface area contributed by atoms with Crippen LogP contribution in [0.15, 0.2) is 12.3 Å². The molecule has 0 bridgehead atoms. The van der Waals surface area contributed by atoms with E-state index in [1.54, 1.807) is 0 Å². The van der Waals surface area contributed by atoms with Gasteiger partial charge in [-0.05, 0) is 38.7 Å². The van der Waals surface area contributed by atoms with Gasteiger partial charge in [0.15, 0.2) is 0 Å². The largest absolute Gasteiger partial charge is 0.300 e. The number of Topliss-reactive ketones (excluding diaryl/α,β-unsaturated/α-hetero) is 1. The molecule has 0 fully saturated rings. The van der Waals surface area contributed by atoms with Crippen LogP contribution in [0.1, 0.15) is 64.6 Å². The van der Waals surface area contributed by atoms with Gasteiger partial charge in [-0.15, -0.1) is 0 Å². The van der Waals surface area contributed by atoms with Crippen molar-refractivity contribution in [3.8, 4) is 0 Å². The lowest BCUT2D eigenvalue weighted by atomic mass is 10.1. The summed E-state index contributed by atoms with van der Waals surface area (Å²) in [5.41, 5.74) is 1.11. The first-order chi connectivity index (χ1) is 8.17. The molecule has 3 heteroatoms.